The van der Waals surface area contributed by atoms with Crippen LogP contribution in [0.4, 0.5) is 5.95 Å². The number of aryl methyl sites for hydroxylation is 1. The molecule has 0 aromatic carbocycles. The number of rotatable bonds is 3. The highest BCUT2D eigenvalue weighted by atomic mass is 16.2. The van der Waals surface area contributed by atoms with Crippen molar-refractivity contribution in [1.29, 1.82) is 0 Å². The van der Waals surface area contributed by atoms with Gasteiger partial charge >= 0.3 is 0 Å². The molecule has 0 atom stereocenters. The van der Waals surface area contributed by atoms with Crippen molar-refractivity contribution in [2.45, 2.75) is 45.6 Å². The zero-order valence-corrected chi connectivity index (χ0v) is 12.2. The molecule has 1 amide bonds. The Kier molecular flexibility index (Phi) is 3.59. The minimum absolute atomic E-state index is 0.0428. The van der Waals surface area contributed by atoms with Crippen molar-refractivity contribution in [1.82, 2.24) is 14.9 Å². The lowest BCUT2D eigenvalue weighted by Crippen LogP contribution is -2.38. The highest BCUT2D eigenvalue weighted by Crippen LogP contribution is 2.23. The van der Waals surface area contributed by atoms with Gasteiger partial charge in [0.15, 0.2) is 0 Å². The summed E-state index contributed by atoms with van der Waals surface area (Å²) in [5.41, 5.74) is 1.37. The van der Waals surface area contributed by atoms with Crippen molar-refractivity contribution < 1.29 is 4.79 Å². The fourth-order valence-corrected chi connectivity index (χ4v) is 2.53. The Morgan fingerprint density at radius 3 is 2.60 bits per heavy atom. The topological polar surface area (TPSA) is 58.1 Å². The first kappa shape index (κ1) is 13.3. The highest BCUT2D eigenvalue weighted by Gasteiger charge is 2.25. The van der Waals surface area contributed by atoms with Crippen LogP contribution in [0.3, 0.4) is 0 Å². The lowest BCUT2D eigenvalue weighted by atomic mass is 9.99. The Morgan fingerprint density at radius 2 is 1.95 bits per heavy atom. The van der Waals surface area contributed by atoms with Crippen LogP contribution in [0, 0.1) is 12.8 Å². The minimum Gasteiger partial charge on any atom is -0.351 e. The second-order valence-corrected chi connectivity index (χ2v) is 6.11. The van der Waals surface area contributed by atoms with Gasteiger partial charge < -0.3 is 10.2 Å². The van der Waals surface area contributed by atoms with Crippen molar-refractivity contribution in [3.63, 3.8) is 0 Å². The van der Waals surface area contributed by atoms with Crippen LogP contribution >= 0.6 is 0 Å². The summed E-state index contributed by atoms with van der Waals surface area (Å²) in [6.07, 6.45) is 4.52. The zero-order chi connectivity index (χ0) is 14.1. The lowest BCUT2D eigenvalue weighted by molar-refractivity contribution is 0.0691. The Balaban J connectivity index is 1.74. The summed E-state index contributed by atoms with van der Waals surface area (Å²) in [5.74, 6) is 1.36. The number of aromatic nitrogens is 2. The molecule has 5 heteroatoms. The van der Waals surface area contributed by atoms with Crippen LogP contribution in [-0.4, -0.2) is 39.9 Å². The molecular weight excluding hydrogens is 252 g/mol. The third-order valence-corrected chi connectivity index (χ3v) is 4.05. The van der Waals surface area contributed by atoms with Gasteiger partial charge in [-0.3, -0.25) is 4.79 Å². The number of likely N-dealkylation sites (tertiary alicyclic amines) is 1. The van der Waals surface area contributed by atoms with Gasteiger partial charge in [-0.25, -0.2) is 9.97 Å². The standard InChI is InChI=1S/C15H22N4O/c1-10-5-7-19(8-6-10)14(20)13-9-11(2)16-15(18-13)17-12-3-4-12/h9-10,12H,3-8H2,1-2H3,(H,16,17,18). The maximum absolute atomic E-state index is 12.5. The molecule has 5 nitrogen and oxygen atoms in total. The number of anilines is 1. The van der Waals surface area contributed by atoms with E-state index in [4.69, 9.17) is 0 Å². The summed E-state index contributed by atoms with van der Waals surface area (Å²) in [7, 11) is 0. The molecule has 1 N–H and O–H groups in total. The smallest absolute Gasteiger partial charge is 0.272 e. The first-order chi connectivity index (χ1) is 9.61. The average Bonchev–Trinajstić information content (AvgIpc) is 3.22. The van der Waals surface area contributed by atoms with E-state index < -0.39 is 0 Å². The van der Waals surface area contributed by atoms with E-state index in [0.29, 0.717) is 17.7 Å². The third-order valence-electron chi connectivity index (χ3n) is 4.05. The maximum Gasteiger partial charge on any atom is 0.272 e. The number of carbonyl (C=O) groups excluding carboxylic acids is 1. The van der Waals surface area contributed by atoms with Crippen molar-refractivity contribution in [3.05, 3.63) is 17.5 Å². The molecule has 1 saturated heterocycles. The number of nitrogens with zero attached hydrogens (tertiary/aromatic N) is 3. The van der Waals surface area contributed by atoms with Gasteiger partial charge in [-0.1, -0.05) is 6.92 Å². The second kappa shape index (κ2) is 5.38. The van der Waals surface area contributed by atoms with Crippen molar-refractivity contribution in [3.8, 4) is 0 Å². The molecule has 1 aliphatic heterocycles. The Morgan fingerprint density at radius 1 is 1.25 bits per heavy atom. The molecule has 2 fully saturated rings. The summed E-state index contributed by atoms with van der Waals surface area (Å²) < 4.78 is 0. The number of hydrogen-bond donors (Lipinski definition) is 1. The number of carbonyl (C=O) groups is 1. The molecule has 0 unspecified atom stereocenters. The Labute approximate surface area is 119 Å². The van der Waals surface area contributed by atoms with E-state index >= 15 is 0 Å². The van der Waals surface area contributed by atoms with Crippen LogP contribution in [0.15, 0.2) is 6.07 Å². The van der Waals surface area contributed by atoms with E-state index in [1.54, 1.807) is 6.07 Å². The van der Waals surface area contributed by atoms with Crippen LogP contribution < -0.4 is 5.32 Å². The van der Waals surface area contributed by atoms with Gasteiger partial charge in [0.1, 0.15) is 5.69 Å². The van der Waals surface area contributed by atoms with Gasteiger partial charge in [-0.15, -0.1) is 0 Å². The largest absolute Gasteiger partial charge is 0.351 e. The van der Waals surface area contributed by atoms with Crippen molar-refractivity contribution in [2.24, 2.45) is 5.92 Å². The highest BCUT2D eigenvalue weighted by molar-refractivity contribution is 5.92. The van der Waals surface area contributed by atoms with Crippen LogP contribution in [0.2, 0.25) is 0 Å². The van der Waals surface area contributed by atoms with Crippen molar-refractivity contribution in [2.75, 3.05) is 18.4 Å². The minimum atomic E-state index is 0.0428. The molecule has 0 bridgehead atoms. The quantitative estimate of drug-likeness (QED) is 0.918. The zero-order valence-electron chi connectivity index (χ0n) is 12.2. The molecular formula is C15H22N4O. The van der Waals surface area contributed by atoms with Crippen LogP contribution in [-0.2, 0) is 0 Å². The molecule has 1 aliphatic carbocycles. The van der Waals surface area contributed by atoms with E-state index in [1.807, 2.05) is 11.8 Å². The molecule has 1 aromatic rings. The molecule has 2 heterocycles. The molecule has 108 valence electrons. The predicted octanol–water partition coefficient (Wildman–Crippen LogP) is 2.23. The number of piperidine rings is 1. The molecule has 2 aliphatic rings. The van der Waals surface area contributed by atoms with Gasteiger partial charge in [0, 0.05) is 24.8 Å². The van der Waals surface area contributed by atoms with Gasteiger partial charge in [-0.05, 0) is 44.6 Å². The fraction of sp³-hybridized carbons (Fsp3) is 0.667. The van der Waals surface area contributed by atoms with Crippen LogP contribution in [0.5, 0.6) is 0 Å². The SMILES string of the molecule is Cc1cc(C(=O)N2CCC(C)CC2)nc(NC2CC2)n1. The molecule has 1 aromatic heterocycles. The molecule has 20 heavy (non-hydrogen) atoms. The summed E-state index contributed by atoms with van der Waals surface area (Å²) >= 11 is 0. The molecule has 3 rings (SSSR count). The normalized spacial score (nSPS) is 20.0. The van der Waals surface area contributed by atoms with E-state index in [0.717, 1.165) is 37.5 Å². The van der Waals surface area contributed by atoms with E-state index in [2.05, 4.69) is 22.2 Å². The van der Waals surface area contributed by atoms with Gasteiger partial charge in [0.2, 0.25) is 5.95 Å². The lowest BCUT2D eigenvalue weighted by Gasteiger charge is -2.30. The summed E-state index contributed by atoms with van der Waals surface area (Å²) in [6.45, 7) is 5.84. The average molecular weight is 274 g/mol. The summed E-state index contributed by atoms with van der Waals surface area (Å²) in [5, 5.41) is 3.27. The first-order valence-corrected chi connectivity index (χ1v) is 7.53. The third kappa shape index (κ3) is 3.08. The van der Waals surface area contributed by atoms with Crippen molar-refractivity contribution >= 4 is 11.9 Å². The number of nitrogens with one attached hydrogen (secondary N) is 1. The molecule has 0 spiro atoms. The number of amides is 1. The maximum atomic E-state index is 12.5. The monoisotopic (exact) mass is 274 g/mol. The molecule has 1 saturated carbocycles. The van der Waals surface area contributed by atoms with Gasteiger partial charge in [0.05, 0.1) is 0 Å². The van der Waals surface area contributed by atoms with Gasteiger partial charge in [0.25, 0.3) is 5.91 Å². The predicted molar refractivity (Wildman–Crippen MR) is 77.7 cm³/mol. The van der Waals surface area contributed by atoms with E-state index in [9.17, 15) is 4.79 Å². The van der Waals surface area contributed by atoms with Crippen LogP contribution in [0.25, 0.3) is 0 Å². The molecule has 0 radical (unpaired) electrons. The Hall–Kier alpha value is -1.65. The van der Waals surface area contributed by atoms with E-state index in [1.165, 1.54) is 12.8 Å². The Bertz CT molecular complexity index is 505. The second-order valence-electron chi connectivity index (χ2n) is 6.11. The first-order valence-electron chi connectivity index (χ1n) is 7.53. The van der Waals surface area contributed by atoms with E-state index in [-0.39, 0.29) is 5.91 Å². The fourth-order valence-electron chi connectivity index (χ4n) is 2.53. The van der Waals surface area contributed by atoms with Crippen LogP contribution in [0.1, 0.15) is 48.8 Å². The summed E-state index contributed by atoms with van der Waals surface area (Å²) in [6, 6.07) is 2.29. The number of hydrogen-bond acceptors (Lipinski definition) is 4. The summed E-state index contributed by atoms with van der Waals surface area (Å²) in [4.78, 5) is 23.2. The van der Waals surface area contributed by atoms with Gasteiger partial charge in [-0.2, -0.15) is 0 Å².